The third-order valence-electron chi connectivity index (χ3n) is 3.21. The zero-order valence-electron chi connectivity index (χ0n) is 12.0. The summed E-state index contributed by atoms with van der Waals surface area (Å²) in [7, 11) is 1.68. The molecule has 0 radical (unpaired) electrons. The van der Waals surface area contributed by atoms with Gasteiger partial charge in [0.1, 0.15) is 12.4 Å². The molecule has 0 bridgehead atoms. The molecule has 1 fully saturated rings. The molecule has 1 heterocycles. The van der Waals surface area contributed by atoms with Crippen molar-refractivity contribution in [1.29, 1.82) is 0 Å². The van der Waals surface area contributed by atoms with Crippen LogP contribution in [0.4, 0.5) is 5.69 Å². The summed E-state index contributed by atoms with van der Waals surface area (Å²) >= 11 is 0. The Bertz CT molecular complexity index is 380. The van der Waals surface area contributed by atoms with E-state index in [1.54, 1.807) is 7.11 Å². The Kier molecular flexibility index (Phi) is 9.76. The number of piperazine rings is 1. The minimum Gasteiger partial charge on any atom is -0.491 e. The van der Waals surface area contributed by atoms with Gasteiger partial charge in [-0.15, -0.1) is 24.8 Å². The summed E-state index contributed by atoms with van der Waals surface area (Å²) in [6.45, 7) is 6.58. The van der Waals surface area contributed by atoms with E-state index in [-0.39, 0.29) is 24.8 Å². The van der Waals surface area contributed by atoms with Gasteiger partial charge >= 0.3 is 0 Å². The van der Waals surface area contributed by atoms with E-state index in [0.717, 1.165) is 25.4 Å². The van der Waals surface area contributed by atoms with Crippen LogP contribution >= 0.6 is 24.8 Å². The Morgan fingerprint density at radius 3 is 2.80 bits per heavy atom. The van der Waals surface area contributed by atoms with E-state index in [9.17, 15) is 0 Å². The van der Waals surface area contributed by atoms with Crippen LogP contribution in [-0.2, 0) is 4.74 Å². The monoisotopic (exact) mass is 322 g/mol. The first-order valence-corrected chi connectivity index (χ1v) is 6.50. The number of hydrogen-bond acceptors (Lipinski definition) is 4. The van der Waals surface area contributed by atoms with Crippen molar-refractivity contribution in [3.63, 3.8) is 0 Å². The fourth-order valence-corrected chi connectivity index (χ4v) is 2.22. The average Bonchev–Trinajstić information content (AvgIpc) is 2.40. The van der Waals surface area contributed by atoms with Crippen molar-refractivity contribution in [2.75, 3.05) is 44.9 Å². The number of anilines is 1. The van der Waals surface area contributed by atoms with E-state index in [2.05, 4.69) is 29.3 Å². The normalized spacial score (nSPS) is 17.9. The van der Waals surface area contributed by atoms with Crippen molar-refractivity contribution in [3.8, 4) is 5.75 Å². The van der Waals surface area contributed by atoms with Crippen LogP contribution in [0.3, 0.4) is 0 Å². The number of ether oxygens (including phenoxy) is 2. The van der Waals surface area contributed by atoms with Crippen molar-refractivity contribution >= 4 is 30.5 Å². The number of nitrogens with one attached hydrogen (secondary N) is 1. The quantitative estimate of drug-likeness (QED) is 0.844. The summed E-state index contributed by atoms with van der Waals surface area (Å²) in [5.41, 5.74) is 1.24. The molecular weight excluding hydrogens is 299 g/mol. The van der Waals surface area contributed by atoms with Gasteiger partial charge in [-0.1, -0.05) is 6.07 Å². The van der Waals surface area contributed by atoms with Gasteiger partial charge in [-0.05, 0) is 19.1 Å². The Labute approximate surface area is 133 Å². The number of methoxy groups -OCH3 is 1. The highest BCUT2D eigenvalue weighted by atomic mass is 35.5. The number of nitrogens with zero attached hydrogens (tertiary/aromatic N) is 1. The van der Waals surface area contributed by atoms with E-state index in [0.29, 0.717) is 19.3 Å². The lowest BCUT2D eigenvalue weighted by atomic mass is 10.2. The first-order valence-electron chi connectivity index (χ1n) is 6.50. The summed E-state index contributed by atoms with van der Waals surface area (Å²) in [6, 6.07) is 8.81. The van der Waals surface area contributed by atoms with Crippen LogP contribution in [0, 0.1) is 0 Å². The summed E-state index contributed by atoms with van der Waals surface area (Å²) in [5.74, 6) is 0.912. The molecule has 2 rings (SSSR count). The molecule has 0 aromatic heterocycles. The SMILES string of the molecule is COCCOc1cccc(N2CCNC[C@H]2C)c1.Cl.Cl. The van der Waals surface area contributed by atoms with Gasteiger partial charge in [0.2, 0.25) is 0 Å². The number of hydrogen-bond donors (Lipinski definition) is 1. The summed E-state index contributed by atoms with van der Waals surface area (Å²) in [5, 5.41) is 3.40. The third kappa shape index (κ3) is 5.37. The molecule has 0 aliphatic carbocycles. The van der Waals surface area contributed by atoms with Crippen LogP contribution in [0.15, 0.2) is 24.3 Å². The first-order chi connectivity index (χ1) is 8.81. The second kappa shape index (κ2) is 10.1. The molecule has 1 aromatic carbocycles. The molecule has 1 aromatic rings. The molecule has 1 saturated heterocycles. The predicted octanol–water partition coefficient (Wildman–Crippen LogP) is 2.35. The topological polar surface area (TPSA) is 33.7 Å². The summed E-state index contributed by atoms with van der Waals surface area (Å²) in [4.78, 5) is 2.42. The maximum atomic E-state index is 5.65. The molecule has 1 aliphatic heterocycles. The number of halogens is 2. The van der Waals surface area contributed by atoms with Crippen molar-refractivity contribution in [1.82, 2.24) is 5.32 Å². The standard InChI is InChI=1S/C14H22N2O2.2ClH/c1-12-11-15-6-7-16(12)13-4-3-5-14(10-13)18-9-8-17-2;;/h3-5,10,12,15H,6-9,11H2,1-2H3;2*1H/t12-;;/m1../s1. The van der Waals surface area contributed by atoms with E-state index < -0.39 is 0 Å². The van der Waals surface area contributed by atoms with Crippen LogP contribution in [-0.4, -0.2) is 46.0 Å². The second-order valence-electron chi connectivity index (χ2n) is 4.59. The maximum Gasteiger partial charge on any atom is 0.121 e. The van der Waals surface area contributed by atoms with Gasteiger partial charge in [-0.3, -0.25) is 0 Å². The second-order valence-corrected chi connectivity index (χ2v) is 4.59. The molecule has 1 aliphatic rings. The van der Waals surface area contributed by atoms with Gasteiger partial charge in [-0.25, -0.2) is 0 Å². The van der Waals surface area contributed by atoms with Crippen LogP contribution < -0.4 is 15.0 Å². The number of rotatable bonds is 5. The molecular formula is C14H24Cl2N2O2. The van der Waals surface area contributed by atoms with Gasteiger partial charge in [0, 0.05) is 44.5 Å². The zero-order chi connectivity index (χ0) is 12.8. The Morgan fingerprint density at radius 1 is 1.30 bits per heavy atom. The molecule has 1 atom stereocenters. The molecule has 0 saturated carbocycles. The Morgan fingerprint density at radius 2 is 2.10 bits per heavy atom. The highest BCUT2D eigenvalue weighted by Gasteiger charge is 2.18. The molecule has 116 valence electrons. The van der Waals surface area contributed by atoms with Crippen LogP contribution in [0.5, 0.6) is 5.75 Å². The van der Waals surface area contributed by atoms with E-state index >= 15 is 0 Å². The molecule has 0 unspecified atom stereocenters. The van der Waals surface area contributed by atoms with E-state index in [4.69, 9.17) is 9.47 Å². The smallest absolute Gasteiger partial charge is 0.121 e. The number of benzene rings is 1. The summed E-state index contributed by atoms with van der Waals surface area (Å²) in [6.07, 6.45) is 0. The first kappa shape index (κ1) is 19.3. The molecule has 0 amide bonds. The molecule has 4 nitrogen and oxygen atoms in total. The highest BCUT2D eigenvalue weighted by molar-refractivity contribution is 5.85. The zero-order valence-corrected chi connectivity index (χ0v) is 13.6. The van der Waals surface area contributed by atoms with Gasteiger partial charge in [0.05, 0.1) is 6.61 Å². The minimum absolute atomic E-state index is 0. The van der Waals surface area contributed by atoms with Gasteiger partial charge in [-0.2, -0.15) is 0 Å². The van der Waals surface area contributed by atoms with Crippen molar-refractivity contribution in [2.45, 2.75) is 13.0 Å². The van der Waals surface area contributed by atoms with Crippen LogP contribution in [0.2, 0.25) is 0 Å². The van der Waals surface area contributed by atoms with Crippen molar-refractivity contribution in [3.05, 3.63) is 24.3 Å². The predicted molar refractivity (Wildman–Crippen MR) is 88.0 cm³/mol. The lowest BCUT2D eigenvalue weighted by Gasteiger charge is -2.36. The molecule has 20 heavy (non-hydrogen) atoms. The van der Waals surface area contributed by atoms with Crippen molar-refractivity contribution in [2.24, 2.45) is 0 Å². The molecule has 0 spiro atoms. The summed E-state index contributed by atoms with van der Waals surface area (Å²) < 4.78 is 10.6. The minimum atomic E-state index is 0. The van der Waals surface area contributed by atoms with E-state index in [1.165, 1.54) is 5.69 Å². The lowest BCUT2D eigenvalue weighted by Crippen LogP contribution is -2.49. The maximum absolute atomic E-state index is 5.65. The van der Waals surface area contributed by atoms with Gasteiger partial charge in [0.25, 0.3) is 0 Å². The Balaban J connectivity index is 0.00000180. The molecule has 1 N–H and O–H groups in total. The largest absolute Gasteiger partial charge is 0.491 e. The fraction of sp³-hybridized carbons (Fsp3) is 0.571. The van der Waals surface area contributed by atoms with Crippen LogP contribution in [0.25, 0.3) is 0 Å². The Hall–Kier alpha value is -0.680. The molecule has 6 heteroatoms. The third-order valence-corrected chi connectivity index (χ3v) is 3.21. The van der Waals surface area contributed by atoms with Crippen LogP contribution in [0.1, 0.15) is 6.92 Å². The van der Waals surface area contributed by atoms with Gasteiger partial charge in [0.15, 0.2) is 0 Å². The lowest BCUT2D eigenvalue weighted by molar-refractivity contribution is 0.146. The van der Waals surface area contributed by atoms with Gasteiger partial charge < -0.3 is 19.7 Å². The van der Waals surface area contributed by atoms with Crippen molar-refractivity contribution < 1.29 is 9.47 Å². The van der Waals surface area contributed by atoms with E-state index in [1.807, 2.05) is 12.1 Å². The fourth-order valence-electron chi connectivity index (χ4n) is 2.22. The average molecular weight is 323 g/mol. The highest BCUT2D eigenvalue weighted by Crippen LogP contribution is 2.23.